The minimum Gasteiger partial charge on any atom is -0.407 e. The number of nitro benzene ring substituents is 1. The van der Waals surface area contributed by atoms with Gasteiger partial charge >= 0.3 is 5.76 Å². The molecule has 2 heterocycles. The largest absolute Gasteiger partial charge is 0.420 e. The van der Waals surface area contributed by atoms with Gasteiger partial charge in [0.05, 0.1) is 23.1 Å². The zero-order valence-corrected chi connectivity index (χ0v) is 11.0. The molecule has 0 radical (unpaired) electrons. The van der Waals surface area contributed by atoms with Crippen molar-refractivity contribution in [1.82, 2.24) is 14.7 Å². The van der Waals surface area contributed by atoms with Crippen molar-refractivity contribution in [2.45, 2.75) is 19.9 Å². The number of hydrogen-bond donors (Lipinski definition) is 0. The van der Waals surface area contributed by atoms with E-state index < -0.39 is 10.7 Å². The van der Waals surface area contributed by atoms with E-state index in [1.807, 2.05) is 6.92 Å². The highest BCUT2D eigenvalue weighted by molar-refractivity contribution is 5.75. The molecule has 9 nitrogen and oxygen atoms in total. The fourth-order valence-electron chi connectivity index (χ4n) is 1.96. The zero-order valence-electron chi connectivity index (χ0n) is 11.0. The molecule has 9 heteroatoms. The predicted molar refractivity (Wildman–Crippen MR) is 69.9 cm³/mol. The molecular weight excluding hydrogens is 280 g/mol. The highest BCUT2D eigenvalue weighted by Gasteiger charge is 2.16. The Morgan fingerprint density at radius 3 is 2.90 bits per heavy atom. The second-order valence-corrected chi connectivity index (χ2v) is 4.32. The normalized spacial score (nSPS) is 11.1. The van der Waals surface area contributed by atoms with Crippen LogP contribution in [0.2, 0.25) is 0 Å². The SMILES string of the molecule is CCc1nc(Cn2c(=O)oc3cc([N+](=O)[O-])ccc32)no1. The van der Waals surface area contributed by atoms with Crippen molar-refractivity contribution in [1.29, 1.82) is 0 Å². The molecule has 0 aliphatic rings. The van der Waals surface area contributed by atoms with Crippen LogP contribution >= 0.6 is 0 Å². The lowest BCUT2D eigenvalue weighted by molar-refractivity contribution is -0.384. The number of aromatic nitrogens is 3. The van der Waals surface area contributed by atoms with Crippen LogP contribution in [0.5, 0.6) is 0 Å². The lowest BCUT2D eigenvalue weighted by atomic mass is 10.3. The number of nitro groups is 1. The zero-order chi connectivity index (χ0) is 15.0. The third-order valence-corrected chi connectivity index (χ3v) is 2.97. The van der Waals surface area contributed by atoms with E-state index in [0.717, 1.165) is 0 Å². The van der Waals surface area contributed by atoms with E-state index in [1.165, 1.54) is 22.8 Å². The fraction of sp³-hybridized carbons (Fsp3) is 0.250. The number of benzene rings is 1. The Labute approximate surface area is 116 Å². The van der Waals surface area contributed by atoms with Crippen molar-refractivity contribution in [3.05, 3.63) is 50.6 Å². The van der Waals surface area contributed by atoms with Crippen LogP contribution in [0.15, 0.2) is 31.9 Å². The summed E-state index contributed by atoms with van der Waals surface area (Å²) >= 11 is 0. The van der Waals surface area contributed by atoms with Crippen LogP contribution in [-0.2, 0) is 13.0 Å². The summed E-state index contributed by atoms with van der Waals surface area (Å²) in [5.74, 6) is 0.185. The van der Waals surface area contributed by atoms with Crippen molar-refractivity contribution in [3.63, 3.8) is 0 Å². The monoisotopic (exact) mass is 290 g/mol. The van der Waals surface area contributed by atoms with Crippen molar-refractivity contribution >= 4 is 16.8 Å². The summed E-state index contributed by atoms with van der Waals surface area (Å²) in [5.41, 5.74) is 0.443. The van der Waals surface area contributed by atoms with Crippen LogP contribution in [-0.4, -0.2) is 19.6 Å². The molecule has 108 valence electrons. The van der Waals surface area contributed by atoms with Gasteiger partial charge in [-0.3, -0.25) is 14.7 Å². The van der Waals surface area contributed by atoms with E-state index in [9.17, 15) is 14.9 Å². The predicted octanol–water partition coefficient (Wildman–Crippen LogP) is 1.50. The fourth-order valence-corrected chi connectivity index (χ4v) is 1.96. The van der Waals surface area contributed by atoms with Crippen molar-refractivity contribution in [2.75, 3.05) is 0 Å². The Morgan fingerprint density at radius 1 is 1.43 bits per heavy atom. The third-order valence-electron chi connectivity index (χ3n) is 2.97. The van der Waals surface area contributed by atoms with Crippen LogP contribution in [0, 0.1) is 10.1 Å². The molecule has 0 unspecified atom stereocenters. The summed E-state index contributed by atoms with van der Waals surface area (Å²) in [6, 6.07) is 3.97. The molecule has 0 aliphatic carbocycles. The highest BCUT2D eigenvalue weighted by atomic mass is 16.6. The second-order valence-electron chi connectivity index (χ2n) is 4.32. The molecule has 3 aromatic rings. The van der Waals surface area contributed by atoms with Gasteiger partial charge in [-0.05, 0) is 6.07 Å². The maximum atomic E-state index is 11.8. The molecule has 0 atom stereocenters. The quantitative estimate of drug-likeness (QED) is 0.527. The molecule has 0 fully saturated rings. The molecule has 0 N–H and O–H groups in total. The molecular formula is C12H10N4O5. The smallest absolute Gasteiger partial charge is 0.407 e. The van der Waals surface area contributed by atoms with Gasteiger partial charge in [0, 0.05) is 12.5 Å². The third kappa shape index (κ3) is 2.29. The molecule has 0 saturated heterocycles. The Balaban J connectivity index is 2.04. The molecule has 0 saturated carbocycles. The maximum Gasteiger partial charge on any atom is 0.420 e. The Bertz CT molecular complexity index is 875. The summed E-state index contributed by atoms with van der Waals surface area (Å²) < 4.78 is 11.3. The first-order chi connectivity index (χ1) is 10.1. The number of fused-ring (bicyclic) bond motifs is 1. The van der Waals surface area contributed by atoms with Gasteiger partial charge in [-0.15, -0.1) is 0 Å². The summed E-state index contributed by atoms with van der Waals surface area (Å²) in [4.78, 5) is 26.1. The van der Waals surface area contributed by atoms with E-state index in [-0.39, 0.29) is 17.8 Å². The van der Waals surface area contributed by atoms with Crippen molar-refractivity contribution in [3.8, 4) is 0 Å². The number of aryl methyl sites for hydroxylation is 1. The van der Waals surface area contributed by atoms with Gasteiger partial charge in [0.15, 0.2) is 11.4 Å². The minimum atomic E-state index is -0.631. The minimum absolute atomic E-state index is 0.0765. The van der Waals surface area contributed by atoms with E-state index in [2.05, 4.69) is 10.1 Å². The lowest BCUT2D eigenvalue weighted by Gasteiger charge is -1.97. The molecule has 3 rings (SSSR count). The molecule has 21 heavy (non-hydrogen) atoms. The van der Waals surface area contributed by atoms with Gasteiger partial charge in [-0.2, -0.15) is 4.98 Å². The van der Waals surface area contributed by atoms with Gasteiger partial charge in [0.2, 0.25) is 5.89 Å². The Kier molecular flexibility index (Phi) is 3.01. The molecule has 1 aromatic carbocycles. The first kappa shape index (κ1) is 13.0. The van der Waals surface area contributed by atoms with Gasteiger partial charge in [0.25, 0.3) is 5.69 Å². The number of hydrogen-bond acceptors (Lipinski definition) is 7. The Hall–Kier alpha value is -2.97. The van der Waals surface area contributed by atoms with Crippen LogP contribution in [0.4, 0.5) is 5.69 Å². The van der Waals surface area contributed by atoms with Crippen LogP contribution in [0.25, 0.3) is 11.1 Å². The summed E-state index contributed by atoms with van der Waals surface area (Å²) in [5, 5.41) is 14.5. The van der Waals surface area contributed by atoms with Crippen LogP contribution in [0.3, 0.4) is 0 Å². The van der Waals surface area contributed by atoms with E-state index in [1.54, 1.807) is 0 Å². The summed E-state index contributed by atoms with van der Waals surface area (Å²) in [6.07, 6.45) is 0.597. The lowest BCUT2D eigenvalue weighted by Crippen LogP contribution is -2.15. The van der Waals surface area contributed by atoms with Gasteiger partial charge < -0.3 is 8.94 Å². The molecule has 0 bridgehead atoms. The summed E-state index contributed by atoms with van der Waals surface area (Å²) in [7, 11) is 0. The van der Waals surface area contributed by atoms with Gasteiger partial charge in [-0.25, -0.2) is 4.79 Å². The average Bonchev–Trinajstić information content (AvgIpc) is 3.04. The molecule has 0 aliphatic heterocycles. The standard InChI is InChI=1S/C12H10N4O5/c1-2-11-13-10(14-21-11)6-15-8-4-3-7(16(18)19)5-9(8)20-12(15)17/h3-5H,2,6H2,1H3. The first-order valence-electron chi connectivity index (χ1n) is 6.17. The topological polar surface area (TPSA) is 117 Å². The molecule has 0 spiro atoms. The van der Waals surface area contributed by atoms with Crippen LogP contribution in [0.1, 0.15) is 18.6 Å². The number of oxazole rings is 1. The molecule has 0 amide bonds. The summed E-state index contributed by atoms with van der Waals surface area (Å²) in [6.45, 7) is 1.95. The van der Waals surface area contributed by atoms with Crippen LogP contribution < -0.4 is 5.76 Å². The first-order valence-corrected chi connectivity index (χ1v) is 6.17. The number of rotatable bonds is 4. The van der Waals surface area contributed by atoms with E-state index in [4.69, 9.17) is 8.94 Å². The average molecular weight is 290 g/mol. The van der Waals surface area contributed by atoms with E-state index >= 15 is 0 Å². The van der Waals surface area contributed by atoms with Gasteiger partial charge in [-0.1, -0.05) is 12.1 Å². The van der Waals surface area contributed by atoms with Crippen molar-refractivity contribution in [2.24, 2.45) is 0 Å². The molecule has 2 aromatic heterocycles. The second kappa shape index (κ2) is 4.85. The van der Waals surface area contributed by atoms with E-state index in [0.29, 0.717) is 23.7 Å². The van der Waals surface area contributed by atoms with Crippen molar-refractivity contribution < 1.29 is 13.9 Å². The van der Waals surface area contributed by atoms with Gasteiger partial charge in [0.1, 0.15) is 0 Å². The maximum absolute atomic E-state index is 11.8. The number of non-ortho nitro benzene ring substituents is 1. The Morgan fingerprint density at radius 2 is 2.24 bits per heavy atom. The number of nitrogens with zero attached hydrogens (tertiary/aromatic N) is 4. The highest BCUT2D eigenvalue weighted by Crippen LogP contribution is 2.20.